The maximum atomic E-state index is 5.65. The Balaban J connectivity index is 1.62. The molecule has 1 N–H and O–H groups in total. The summed E-state index contributed by atoms with van der Waals surface area (Å²) < 4.78 is 11.2. The summed E-state index contributed by atoms with van der Waals surface area (Å²) >= 11 is 0. The molecule has 2 aromatic rings. The second kappa shape index (κ2) is 8.90. The zero-order valence-electron chi connectivity index (χ0n) is 12.5. The van der Waals surface area contributed by atoms with Crippen LogP contribution in [0.2, 0.25) is 0 Å². The van der Waals surface area contributed by atoms with E-state index in [9.17, 15) is 0 Å². The first kappa shape index (κ1) is 15.2. The number of para-hydroxylation sites is 1. The summed E-state index contributed by atoms with van der Waals surface area (Å²) in [7, 11) is 0. The fraction of sp³-hybridized carbons (Fsp3) is 0.333. The van der Waals surface area contributed by atoms with Gasteiger partial charge in [-0.15, -0.1) is 0 Å². The van der Waals surface area contributed by atoms with E-state index in [0.717, 1.165) is 43.2 Å². The molecule has 0 aliphatic heterocycles. The number of ether oxygens (including phenoxy) is 2. The maximum Gasteiger partial charge on any atom is 0.119 e. The lowest BCUT2D eigenvalue weighted by molar-refractivity contribution is 0.315. The van der Waals surface area contributed by atoms with Crippen LogP contribution in [0.25, 0.3) is 0 Å². The SMILES string of the molecule is CCCOc1ccc(NCCCOc2ccccc2)cc1. The Morgan fingerprint density at radius 1 is 0.810 bits per heavy atom. The second-order valence-electron chi connectivity index (χ2n) is 4.81. The Morgan fingerprint density at radius 3 is 2.19 bits per heavy atom. The lowest BCUT2D eigenvalue weighted by atomic mass is 10.3. The summed E-state index contributed by atoms with van der Waals surface area (Å²) in [6, 6.07) is 18.0. The summed E-state index contributed by atoms with van der Waals surface area (Å²) in [5.74, 6) is 1.85. The summed E-state index contributed by atoms with van der Waals surface area (Å²) in [4.78, 5) is 0. The van der Waals surface area contributed by atoms with E-state index in [2.05, 4.69) is 12.2 Å². The quantitative estimate of drug-likeness (QED) is 0.694. The first-order valence-corrected chi connectivity index (χ1v) is 7.53. The van der Waals surface area contributed by atoms with Crippen LogP contribution in [-0.2, 0) is 0 Å². The van der Waals surface area contributed by atoms with Gasteiger partial charge in [0.1, 0.15) is 11.5 Å². The standard InChI is InChI=1S/C18H23NO2/c1-2-14-20-18-11-9-16(10-12-18)19-13-6-15-21-17-7-4-3-5-8-17/h3-5,7-12,19H,2,6,13-15H2,1H3. The van der Waals surface area contributed by atoms with Gasteiger partial charge < -0.3 is 14.8 Å². The van der Waals surface area contributed by atoms with Gasteiger partial charge in [-0.1, -0.05) is 25.1 Å². The van der Waals surface area contributed by atoms with Gasteiger partial charge in [0.15, 0.2) is 0 Å². The monoisotopic (exact) mass is 285 g/mol. The van der Waals surface area contributed by atoms with E-state index in [4.69, 9.17) is 9.47 Å². The third kappa shape index (κ3) is 5.78. The van der Waals surface area contributed by atoms with Crippen LogP contribution >= 0.6 is 0 Å². The van der Waals surface area contributed by atoms with E-state index in [-0.39, 0.29) is 0 Å². The number of hydrogen-bond acceptors (Lipinski definition) is 3. The van der Waals surface area contributed by atoms with Crippen molar-refractivity contribution in [3.05, 3.63) is 54.6 Å². The van der Waals surface area contributed by atoms with Crippen LogP contribution in [0.1, 0.15) is 19.8 Å². The van der Waals surface area contributed by atoms with Crippen LogP contribution < -0.4 is 14.8 Å². The minimum Gasteiger partial charge on any atom is -0.494 e. The molecule has 0 saturated carbocycles. The predicted octanol–water partition coefficient (Wildman–Crippen LogP) is 4.36. The molecule has 2 rings (SSSR count). The second-order valence-corrected chi connectivity index (χ2v) is 4.81. The molecule has 0 aliphatic rings. The molecule has 0 heterocycles. The molecule has 0 radical (unpaired) electrons. The molecule has 0 fully saturated rings. The van der Waals surface area contributed by atoms with Crippen molar-refractivity contribution in [2.24, 2.45) is 0 Å². The van der Waals surface area contributed by atoms with Gasteiger partial charge in [-0.2, -0.15) is 0 Å². The molecule has 0 bridgehead atoms. The van der Waals surface area contributed by atoms with Crippen molar-refractivity contribution >= 4 is 5.69 Å². The van der Waals surface area contributed by atoms with E-state index in [1.807, 2.05) is 54.6 Å². The third-order valence-corrected chi connectivity index (χ3v) is 2.99. The number of hydrogen-bond donors (Lipinski definition) is 1. The Labute approximate surface area is 126 Å². The van der Waals surface area contributed by atoms with E-state index in [0.29, 0.717) is 6.61 Å². The predicted molar refractivity (Wildman–Crippen MR) is 87.3 cm³/mol. The Bertz CT molecular complexity index is 496. The van der Waals surface area contributed by atoms with Crippen molar-refractivity contribution in [1.29, 1.82) is 0 Å². The summed E-state index contributed by atoms with van der Waals surface area (Å²) in [5.41, 5.74) is 1.11. The average Bonchev–Trinajstić information content (AvgIpc) is 2.55. The van der Waals surface area contributed by atoms with Gasteiger partial charge in [-0.05, 0) is 49.2 Å². The van der Waals surface area contributed by atoms with E-state index in [1.54, 1.807) is 0 Å². The van der Waals surface area contributed by atoms with E-state index >= 15 is 0 Å². The first-order valence-electron chi connectivity index (χ1n) is 7.53. The molecular formula is C18H23NO2. The highest BCUT2D eigenvalue weighted by molar-refractivity contribution is 5.46. The van der Waals surface area contributed by atoms with Gasteiger partial charge in [0.05, 0.1) is 13.2 Å². The molecule has 0 atom stereocenters. The number of anilines is 1. The van der Waals surface area contributed by atoms with E-state index < -0.39 is 0 Å². The summed E-state index contributed by atoms with van der Waals surface area (Å²) in [6.45, 7) is 4.48. The zero-order valence-corrected chi connectivity index (χ0v) is 12.5. The summed E-state index contributed by atoms with van der Waals surface area (Å²) in [5, 5.41) is 3.38. The highest BCUT2D eigenvalue weighted by Gasteiger charge is 1.96. The van der Waals surface area contributed by atoms with Crippen LogP contribution in [0.5, 0.6) is 11.5 Å². The maximum absolute atomic E-state index is 5.65. The highest BCUT2D eigenvalue weighted by atomic mass is 16.5. The zero-order chi connectivity index (χ0) is 14.8. The molecule has 0 unspecified atom stereocenters. The first-order chi connectivity index (χ1) is 10.4. The molecule has 0 saturated heterocycles. The topological polar surface area (TPSA) is 30.5 Å². The number of rotatable bonds is 9. The van der Waals surface area contributed by atoms with Crippen LogP contribution in [0.4, 0.5) is 5.69 Å². The molecule has 0 aliphatic carbocycles. The van der Waals surface area contributed by atoms with Crippen LogP contribution in [0.3, 0.4) is 0 Å². The molecule has 2 aromatic carbocycles. The van der Waals surface area contributed by atoms with Crippen molar-refractivity contribution in [2.75, 3.05) is 25.1 Å². The van der Waals surface area contributed by atoms with Gasteiger partial charge in [-0.3, -0.25) is 0 Å². The smallest absolute Gasteiger partial charge is 0.119 e. The molecule has 0 spiro atoms. The third-order valence-electron chi connectivity index (χ3n) is 2.99. The van der Waals surface area contributed by atoms with Crippen molar-refractivity contribution in [3.63, 3.8) is 0 Å². The van der Waals surface area contributed by atoms with Gasteiger partial charge in [0.2, 0.25) is 0 Å². The molecule has 3 heteroatoms. The average molecular weight is 285 g/mol. The molecule has 112 valence electrons. The lowest BCUT2D eigenvalue weighted by Gasteiger charge is -2.09. The van der Waals surface area contributed by atoms with E-state index in [1.165, 1.54) is 0 Å². The molecular weight excluding hydrogens is 262 g/mol. The van der Waals surface area contributed by atoms with Crippen molar-refractivity contribution < 1.29 is 9.47 Å². The van der Waals surface area contributed by atoms with Gasteiger partial charge in [0, 0.05) is 12.2 Å². The van der Waals surface area contributed by atoms with Crippen LogP contribution in [-0.4, -0.2) is 19.8 Å². The minimum absolute atomic E-state index is 0.717. The largest absolute Gasteiger partial charge is 0.494 e. The van der Waals surface area contributed by atoms with Crippen molar-refractivity contribution in [3.8, 4) is 11.5 Å². The fourth-order valence-corrected chi connectivity index (χ4v) is 1.90. The molecule has 0 amide bonds. The van der Waals surface area contributed by atoms with Gasteiger partial charge in [0.25, 0.3) is 0 Å². The molecule has 3 nitrogen and oxygen atoms in total. The molecule has 0 aromatic heterocycles. The number of nitrogens with one attached hydrogen (secondary N) is 1. The Kier molecular flexibility index (Phi) is 6.46. The normalized spacial score (nSPS) is 10.1. The fourth-order valence-electron chi connectivity index (χ4n) is 1.90. The lowest BCUT2D eigenvalue weighted by Crippen LogP contribution is -2.07. The Morgan fingerprint density at radius 2 is 1.48 bits per heavy atom. The Hall–Kier alpha value is -2.16. The minimum atomic E-state index is 0.717. The van der Waals surface area contributed by atoms with Crippen molar-refractivity contribution in [2.45, 2.75) is 19.8 Å². The van der Waals surface area contributed by atoms with Crippen molar-refractivity contribution in [1.82, 2.24) is 0 Å². The summed E-state index contributed by atoms with van der Waals surface area (Å²) in [6.07, 6.45) is 1.99. The van der Waals surface area contributed by atoms with Gasteiger partial charge >= 0.3 is 0 Å². The number of benzene rings is 2. The highest BCUT2D eigenvalue weighted by Crippen LogP contribution is 2.16. The van der Waals surface area contributed by atoms with Crippen LogP contribution in [0, 0.1) is 0 Å². The van der Waals surface area contributed by atoms with Gasteiger partial charge in [-0.25, -0.2) is 0 Å². The van der Waals surface area contributed by atoms with Crippen LogP contribution in [0.15, 0.2) is 54.6 Å². The molecule has 21 heavy (non-hydrogen) atoms.